The van der Waals surface area contributed by atoms with Crippen molar-refractivity contribution in [3.8, 4) is 0 Å². The summed E-state index contributed by atoms with van der Waals surface area (Å²) in [5, 5.41) is 0. The van der Waals surface area contributed by atoms with Crippen LogP contribution in [0.4, 0.5) is 0 Å². The predicted octanol–water partition coefficient (Wildman–Crippen LogP) is 7.60. The van der Waals surface area contributed by atoms with Crippen molar-refractivity contribution < 1.29 is 14.3 Å². The fourth-order valence-electron chi connectivity index (χ4n) is 3.50. The van der Waals surface area contributed by atoms with Gasteiger partial charge in [-0.1, -0.05) is 74.4 Å². The van der Waals surface area contributed by atoms with Gasteiger partial charge in [0, 0.05) is 6.42 Å². The second-order valence-corrected chi connectivity index (χ2v) is 12.1. The Labute approximate surface area is 179 Å². The third kappa shape index (κ3) is 9.80. The Balaban J connectivity index is 2.99. The first-order valence-corrected chi connectivity index (χ1v) is 10.9. The van der Waals surface area contributed by atoms with Gasteiger partial charge in [-0.15, -0.1) is 0 Å². The summed E-state index contributed by atoms with van der Waals surface area (Å²) in [6.07, 6.45) is 1.22. The number of benzene rings is 1. The molecule has 29 heavy (non-hydrogen) atoms. The molecule has 1 rings (SSSR count). The summed E-state index contributed by atoms with van der Waals surface area (Å²) >= 11 is 0. The highest BCUT2D eigenvalue weighted by Crippen LogP contribution is 2.43. The highest BCUT2D eigenvalue weighted by atomic mass is 16.7. The maximum Gasteiger partial charge on any atom is 0.340 e. The summed E-state index contributed by atoms with van der Waals surface area (Å²) in [4.78, 5) is 12.7. The van der Waals surface area contributed by atoms with E-state index in [4.69, 9.17) is 9.47 Å². The topological polar surface area (TPSA) is 35.5 Å². The van der Waals surface area contributed by atoms with Gasteiger partial charge in [0.25, 0.3) is 0 Å². The van der Waals surface area contributed by atoms with Crippen LogP contribution in [-0.4, -0.2) is 18.4 Å². The van der Waals surface area contributed by atoms with Gasteiger partial charge >= 0.3 is 5.97 Å². The normalized spacial score (nSPS) is 15.3. The van der Waals surface area contributed by atoms with Crippen molar-refractivity contribution in [1.82, 2.24) is 0 Å². The lowest BCUT2D eigenvalue weighted by Gasteiger charge is -2.36. The SMILES string of the molecule is CC(C)OC(CC(C)(C)C)OC(=O)c1ccc(C(CC(C)(C)C)C(C)(C)C)cc1. The van der Waals surface area contributed by atoms with Crippen molar-refractivity contribution in [2.75, 3.05) is 0 Å². The van der Waals surface area contributed by atoms with E-state index in [-0.39, 0.29) is 28.3 Å². The Kier molecular flexibility index (Phi) is 8.54. The molecule has 0 amide bonds. The van der Waals surface area contributed by atoms with Gasteiger partial charge in [0.1, 0.15) is 0 Å². The van der Waals surface area contributed by atoms with Crippen molar-refractivity contribution >= 4 is 5.97 Å². The molecule has 0 spiro atoms. The minimum atomic E-state index is -0.537. The smallest absolute Gasteiger partial charge is 0.340 e. The van der Waals surface area contributed by atoms with Crippen molar-refractivity contribution in [2.24, 2.45) is 16.2 Å². The van der Waals surface area contributed by atoms with Crippen LogP contribution in [0.3, 0.4) is 0 Å². The third-order valence-corrected chi connectivity index (χ3v) is 4.85. The van der Waals surface area contributed by atoms with E-state index in [0.29, 0.717) is 17.9 Å². The van der Waals surface area contributed by atoms with E-state index in [9.17, 15) is 4.79 Å². The van der Waals surface area contributed by atoms with Crippen LogP contribution in [0, 0.1) is 16.2 Å². The third-order valence-electron chi connectivity index (χ3n) is 4.85. The number of carbonyl (C=O) groups excluding carboxylic acids is 1. The zero-order chi connectivity index (χ0) is 22.6. The molecule has 1 aromatic rings. The molecular weight excluding hydrogens is 360 g/mol. The molecule has 2 atom stereocenters. The molecule has 0 fully saturated rings. The largest absolute Gasteiger partial charge is 0.432 e. The monoisotopic (exact) mass is 404 g/mol. The van der Waals surface area contributed by atoms with Crippen molar-refractivity contribution in [2.45, 2.75) is 107 Å². The molecule has 3 nitrogen and oxygen atoms in total. The second kappa shape index (κ2) is 9.64. The maximum atomic E-state index is 12.7. The summed E-state index contributed by atoms with van der Waals surface area (Å²) < 4.78 is 11.5. The van der Waals surface area contributed by atoms with Gasteiger partial charge in [-0.3, -0.25) is 0 Å². The minimum absolute atomic E-state index is 0.00229. The quantitative estimate of drug-likeness (QED) is 0.347. The number of esters is 1. The lowest BCUT2D eigenvalue weighted by Crippen LogP contribution is -2.29. The molecule has 0 heterocycles. The van der Waals surface area contributed by atoms with Gasteiger partial charge in [0.05, 0.1) is 11.7 Å². The fraction of sp³-hybridized carbons (Fsp3) is 0.731. The molecule has 0 saturated heterocycles. The standard InChI is InChI=1S/C26H44O3/c1-18(2)28-22(17-25(6,7)8)29-23(27)20-14-12-19(13-15-20)21(26(9,10)11)16-24(3,4)5/h12-15,18,21-22H,16-17H2,1-11H3. The average Bonchev–Trinajstić information content (AvgIpc) is 2.48. The van der Waals surface area contributed by atoms with Crippen LogP contribution in [0.1, 0.15) is 111 Å². The Hall–Kier alpha value is -1.35. The zero-order valence-corrected chi connectivity index (χ0v) is 20.7. The molecule has 0 aliphatic heterocycles. The molecule has 0 N–H and O–H groups in total. The van der Waals surface area contributed by atoms with Gasteiger partial charge in [0.15, 0.2) is 0 Å². The molecule has 0 saturated carbocycles. The van der Waals surface area contributed by atoms with E-state index < -0.39 is 6.29 Å². The highest BCUT2D eigenvalue weighted by molar-refractivity contribution is 5.89. The maximum absolute atomic E-state index is 12.7. The number of hydrogen-bond donors (Lipinski definition) is 0. The molecule has 1 aromatic carbocycles. The highest BCUT2D eigenvalue weighted by Gasteiger charge is 2.30. The number of carbonyl (C=O) groups is 1. The van der Waals surface area contributed by atoms with Crippen LogP contribution in [0.5, 0.6) is 0 Å². The molecule has 2 unspecified atom stereocenters. The molecule has 0 bridgehead atoms. The summed E-state index contributed by atoms with van der Waals surface area (Å²) in [7, 11) is 0. The molecule has 0 aliphatic rings. The lowest BCUT2D eigenvalue weighted by molar-refractivity contribution is -0.146. The fourth-order valence-corrected chi connectivity index (χ4v) is 3.50. The van der Waals surface area contributed by atoms with Crippen LogP contribution in [0.2, 0.25) is 0 Å². The molecule has 3 heteroatoms. The molecular formula is C26H44O3. The van der Waals surface area contributed by atoms with Crippen LogP contribution in [0.25, 0.3) is 0 Å². The Morgan fingerprint density at radius 3 is 1.69 bits per heavy atom. The van der Waals surface area contributed by atoms with Gasteiger partial charge < -0.3 is 9.47 Å². The summed E-state index contributed by atoms with van der Waals surface area (Å²) in [5.41, 5.74) is 2.25. The van der Waals surface area contributed by atoms with Gasteiger partial charge in [0.2, 0.25) is 6.29 Å². The first-order valence-electron chi connectivity index (χ1n) is 10.9. The van der Waals surface area contributed by atoms with Gasteiger partial charge in [-0.05, 0) is 60.1 Å². The van der Waals surface area contributed by atoms with Crippen molar-refractivity contribution in [3.05, 3.63) is 35.4 Å². The Bertz CT molecular complexity index is 637. The van der Waals surface area contributed by atoms with Crippen molar-refractivity contribution in [3.63, 3.8) is 0 Å². The van der Waals surface area contributed by atoms with Crippen LogP contribution < -0.4 is 0 Å². The first-order chi connectivity index (χ1) is 13.0. The summed E-state index contributed by atoms with van der Waals surface area (Å²) in [6, 6.07) is 7.95. The minimum Gasteiger partial charge on any atom is -0.432 e. The Morgan fingerprint density at radius 1 is 0.828 bits per heavy atom. The predicted molar refractivity (Wildman–Crippen MR) is 122 cm³/mol. The number of hydrogen-bond acceptors (Lipinski definition) is 3. The second-order valence-electron chi connectivity index (χ2n) is 12.1. The van der Waals surface area contributed by atoms with Gasteiger partial charge in [-0.2, -0.15) is 0 Å². The molecule has 0 aromatic heterocycles. The summed E-state index contributed by atoms with van der Waals surface area (Å²) in [5.74, 6) is 0.0973. The summed E-state index contributed by atoms with van der Waals surface area (Å²) in [6.45, 7) is 24.0. The average molecular weight is 405 g/mol. The van der Waals surface area contributed by atoms with Crippen LogP contribution in [0.15, 0.2) is 24.3 Å². The van der Waals surface area contributed by atoms with Crippen LogP contribution in [-0.2, 0) is 9.47 Å². The van der Waals surface area contributed by atoms with Gasteiger partial charge in [-0.25, -0.2) is 4.79 Å². The molecule has 166 valence electrons. The number of rotatable bonds is 7. The number of ether oxygens (including phenoxy) is 2. The van der Waals surface area contributed by atoms with E-state index in [1.165, 1.54) is 5.56 Å². The van der Waals surface area contributed by atoms with E-state index in [2.05, 4.69) is 74.4 Å². The first kappa shape index (κ1) is 25.7. The van der Waals surface area contributed by atoms with Crippen LogP contribution >= 0.6 is 0 Å². The van der Waals surface area contributed by atoms with Crippen molar-refractivity contribution in [1.29, 1.82) is 0 Å². The molecule has 0 aliphatic carbocycles. The Morgan fingerprint density at radius 2 is 1.31 bits per heavy atom. The van der Waals surface area contributed by atoms with E-state index in [1.54, 1.807) is 0 Å². The van der Waals surface area contributed by atoms with E-state index in [0.717, 1.165) is 6.42 Å². The lowest BCUT2D eigenvalue weighted by atomic mass is 9.69. The zero-order valence-electron chi connectivity index (χ0n) is 20.7. The molecule has 0 radical (unpaired) electrons. The van der Waals surface area contributed by atoms with E-state index in [1.807, 2.05) is 26.0 Å². The van der Waals surface area contributed by atoms with E-state index >= 15 is 0 Å².